The zero-order valence-corrected chi connectivity index (χ0v) is 13.3. The van der Waals surface area contributed by atoms with Crippen LogP contribution in [-0.4, -0.2) is 67.6 Å². The van der Waals surface area contributed by atoms with Crippen molar-refractivity contribution in [3.63, 3.8) is 0 Å². The van der Waals surface area contributed by atoms with Crippen LogP contribution in [0.1, 0.15) is 18.3 Å². The second kappa shape index (κ2) is 5.80. The molecule has 1 aromatic rings. The number of hydrogen-bond acceptors (Lipinski definition) is 5. The highest BCUT2D eigenvalue weighted by molar-refractivity contribution is 7.89. The Hall–Kier alpha value is -0.960. The van der Waals surface area contributed by atoms with Crippen molar-refractivity contribution < 1.29 is 8.42 Å². The number of H-pyrrole nitrogens is 1. The number of aromatic nitrogens is 2. The molecule has 1 aliphatic heterocycles. The van der Waals surface area contributed by atoms with Gasteiger partial charge in [0.1, 0.15) is 4.90 Å². The Kier molecular flexibility index (Phi) is 4.48. The lowest BCUT2D eigenvalue weighted by molar-refractivity contribution is 0.170. The molecule has 1 fully saturated rings. The van der Waals surface area contributed by atoms with Crippen LogP contribution in [0.2, 0.25) is 0 Å². The number of likely N-dealkylation sites (N-methyl/N-ethyl adjacent to an activating group) is 1. The number of aryl methyl sites for hydroxylation is 1. The Morgan fingerprint density at radius 1 is 1.45 bits per heavy atom. The van der Waals surface area contributed by atoms with Gasteiger partial charge in [0.25, 0.3) is 0 Å². The van der Waals surface area contributed by atoms with Crippen LogP contribution in [0.3, 0.4) is 0 Å². The van der Waals surface area contributed by atoms with Gasteiger partial charge in [0.05, 0.1) is 11.4 Å². The Morgan fingerprint density at radius 3 is 2.75 bits per heavy atom. The molecule has 2 N–H and O–H groups in total. The first-order valence-corrected chi connectivity index (χ1v) is 8.20. The minimum absolute atomic E-state index is 0.0320. The minimum Gasteiger partial charge on any atom is -0.314 e. The summed E-state index contributed by atoms with van der Waals surface area (Å²) in [5, 5.41) is 9.84. The van der Waals surface area contributed by atoms with E-state index in [0.29, 0.717) is 29.4 Å². The number of nitrogens with zero attached hydrogens (tertiary/aromatic N) is 3. The van der Waals surface area contributed by atoms with E-state index < -0.39 is 10.0 Å². The number of rotatable bonds is 4. The van der Waals surface area contributed by atoms with Crippen molar-refractivity contribution in [1.29, 1.82) is 0 Å². The summed E-state index contributed by atoms with van der Waals surface area (Å²) >= 11 is 0. The zero-order chi connectivity index (χ0) is 14.9. The van der Waals surface area contributed by atoms with E-state index in [1.165, 1.54) is 0 Å². The van der Waals surface area contributed by atoms with Crippen molar-refractivity contribution in [2.24, 2.45) is 0 Å². The predicted molar refractivity (Wildman–Crippen MR) is 76.9 cm³/mol. The Balaban J connectivity index is 2.37. The highest BCUT2D eigenvalue weighted by Gasteiger charge is 2.36. The van der Waals surface area contributed by atoms with E-state index in [2.05, 4.69) is 20.4 Å². The van der Waals surface area contributed by atoms with Gasteiger partial charge in [-0.3, -0.25) is 5.10 Å². The summed E-state index contributed by atoms with van der Waals surface area (Å²) in [6.07, 6.45) is 0. The fourth-order valence-electron chi connectivity index (χ4n) is 2.70. The van der Waals surface area contributed by atoms with Crippen LogP contribution in [-0.2, 0) is 16.6 Å². The number of hydrogen-bond donors (Lipinski definition) is 2. The van der Waals surface area contributed by atoms with Gasteiger partial charge in [0.2, 0.25) is 10.0 Å². The third-order valence-corrected chi connectivity index (χ3v) is 5.86. The van der Waals surface area contributed by atoms with Crippen LogP contribution in [0, 0.1) is 6.92 Å². The molecule has 1 aliphatic rings. The van der Waals surface area contributed by atoms with Crippen molar-refractivity contribution in [1.82, 2.24) is 24.7 Å². The molecule has 1 atom stereocenters. The Labute approximate surface area is 120 Å². The minimum atomic E-state index is -3.50. The standard InChI is InChI=1S/C12H23N5O2S/c1-9-8-16(4)5-6-17(9)20(18,19)12-10(2)14-15-11(12)7-13-3/h9,13H,5-8H2,1-4H3,(H,14,15). The fourth-order valence-corrected chi connectivity index (χ4v) is 4.64. The molecule has 0 aliphatic carbocycles. The molecule has 0 amide bonds. The first-order valence-electron chi connectivity index (χ1n) is 6.76. The van der Waals surface area contributed by atoms with Crippen molar-refractivity contribution in [2.45, 2.75) is 31.3 Å². The first-order chi connectivity index (χ1) is 9.37. The highest BCUT2D eigenvalue weighted by atomic mass is 32.2. The molecule has 0 radical (unpaired) electrons. The summed E-state index contributed by atoms with van der Waals surface area (Å²) in [7, 11) is 0.285. The van der Waals surface area contributed by atoms with Gasteiger partial charge in [0.15, 0.2) is 0 Å². The fraction of sp³-hybridized carbons (Fsp3) is 0.750. The molecule has 2 rings (SSSR count). The summed E-state index contributed by atoms with van der Waals surface area (Å²) in [4.78, 5) is 2.47. The topological polar surface area (TPSA) is 81.3 Å². The number of aromatic amines is 1. The van der Waals surface area contributed by atoms with E-state index in [4.69, 9.17) is 0 Å². The first kappa shape index (κ1) is 15.4. The molecule has 0 aromatic carbocycles. The second-order valence-electron chi connectivity index (χ2n) is 5.38. The summed E-state index contributed by atoms with van der Waals surface area (Å²) < 4.78 is 27.4. The molecule has 0 bridgehead atoms. The van der Waals surface area contributed by atoms with Crippen LogP contribution in [0.4, 0.5) is 0 Å². The predicted octanol–water partition coefficient (Wildman–Crippen LogP) is -0.238. The van der Waals surface area contributed by atoms with Gasteiger partial charge >= 0.3 is 0 Å². The molecule has 20 heavy (non-hydrogen) atoms. The van der Waals surface area contributed by atoms with Gasteiger partial charge < -0.3 is 10.2 Å². The molecule has 1 saturated heterocycles. The quantitative estimate of drug-likeness (QED) is 0.802. The lowest BCUT2D eigenvalue weighted by Gasteiger charge is -2.37. The van der Waals surface area contributed by atoms with Crippen molar-refractivity contribution in [2.75, 3.05) is 33.7 Å². The molecule has 114 valence electrons. The van der Waals surface area contributed by atoms with E-state index in [9.17, 15) is 8.42 Å². The molecule has 2 heterocycles. The van der Waals surface area contributed by atoms with E-state index in [1.807, 2.05) is 14.0 Å². The molecule has 7 nitrogen and oxygen atoms in total. The van der Waals surface area contributed by atoms with Crippen LogP contribution >= 0.6 is 0 Å². The van der Waals surface area contributed by atoms with Crippen molar-refractivity contribution >= 4 is 10.0 Å². The third kappa shape index (κ3) is 2.73. The SMILES string of the molecule is CNCc1n[nH]c(C)c1S(=O)(=O)N1CCN(C)CC1C. The van der Waals surface area contributed by atoms with Gasteiger partial charge in [-0.2, -0.15) is 9.40 Å². The summed E-state index contributed by atoms with van der Waals surface area (Å²) in [6, 6.07) is -0.0320. The van der Waals surface area contributed by atoms with Crippen LogP contribution in [0.25, 0.3) is 0 Å². The molecule has 1 unspecified atom stereocenters. The average molecular weight is 301 g/mol. The van der Waals surface area contributed by atoms with Crippen LogP contribution in [0.5, 0.6) is 0 Å². The van der Waals surface area contributed by atoms with Crippen molar-refractivity contribution in [3.8, 4) is 0 Å². The summed E-state index contributed by atoms with van der Waals surface area (Å²) in [5.41, 5.74) is 1.15. The van der Waals surface area contributed by atoms with E-state index >= 15 is 0 Å². The van der Waals surface area contributed by atoms with E-state index in [-0.39, 0.29) is 6.04 Å². The van der Waals surface area contributed by atoms with Crippen molar-refractivity contribution in [3.05, 3.63) is 11.4 Å². The average Bonchev–Trinajstić information content (AvgIpc) is 2.71. The largest absolute Gasteiger partial charge is 0.314 e. The van der Waals surface area contributed by atoms with Gasteiger partial charge in [0, 0.05) is 32.2 Å². The number of sulfonamides is 1. The molecular weight excluding hydrogens is 278 g/mol. The second-order valence-corrected chi connectivity index (χ2v) is 7.21. The lowest BCUT2D eigenvalue weighted by Crippen LogP contribution is -2.52. The van der Waals surface area contributed by atoms with Gasteiger partial charge in [-0.25, -0.2) is 8.42 Å². The molecule has 8 heteroatoms. The van der Waals surface area contributed by atoms with Gasteiger partial charge in [-0.1, -0.05) is 0 Å². The Bertz CT molecular complexity index is 568. The Morgan fingerprint density at radius 2 is 2.15 bits per heavy atom. The maximum absolute atomic E-state index is 12.9. The summed E-state index contributed by atoms with van der Waals surface area (Å²) in [5.74, 6) is 0. The molecule has 1 aromatic heterocycles. The third-order valence-electron chi connectivity index (χ3n) is 3.64. The van der Waals surface area contributed by atoms with E-state index in [0.717, 1.165) is 13.1 Å². The number of nitrogens with one attached hydrogen (secondary N) is 2. The van der Waals surface area contributed by atoms with Gasteiger partial charge in [-0.05, 0) is 27.9 Å². The van der Waals surface area contributed by atoms with Gasteiger partial charge in [-0.15, -0.1) is 0 Å². The maximum Gasteiger partial charge on any atom is 0.247 e. The molecule has 0 saturated carbocycles. The molecular formula is C12H23N5O2S. The zero-order valence-electron chi connectivity index (χ0n) is 12.5. The highest BCUT2D eigenvalue weighted by Crippen LogP contribution is 2.25. The lowest BCUT2D eigenvalue weighted by atomic mass is 10.2. The van der Waals surface area contributed by atoms with Crippen LogP contribution in [0.15, 0.2) is 4.90 Å². The normalized spacial score (nSPS) is 22.3. The monoisotopic (exact) mass is 301 g/mol. The number of piperazine rings is 1. The smallest absolute Gasteiger partial charge is 0.247 e. The van der Waals surface area contributed by atoms with E-state index in [1.54, 1.807) is 18.3 Å². The van der Waals surface area contributed by atoms with Crippen LogP contribution < -0.4 is 5.32 Å². The maximum atomic E-state index is 12.9. The summed E-state index contributed by atoms with van der Waals surface area (Å²) in [6.45, 7) is 6.14. The molecule has 0 spiro atoms.